The van der Waals surface area contributed by atoms with Gasteiger partial charge in [-0.2, -0.15) is 0 Å². The number of ketones is 1. The van der Waals surface area contributed by atoms with E-state index >= 15 is 0 Å². The zero-order valence-electron chi connectivity index (χ0n) is 16.3. The number of rotatable bonds is 3. The van der Waals surface area contributed by atoms with Crippen LogP contribution in [0, 0.1) is 5.92 Å². The van der Waals surface area contributed by atoms with Gasteiger partial charge in [0.15, 0.2) is 5.78 Å². The standard InChI is InChI=1S/C24H27NO3/c1-2-28-24(27)25-20-16-10-9-15-19(20)23(26)21(17-11-5-3-6-12-17)22(25)18-13-7-4-8-14-18/h3,5-6,9-12,15-16,18,21-22H,2,4,7-8,13-14H2,1H3/t21-,22-/m0/s1. The number of anilines is 1. The minimum Gasteiger partial charge on any atom is -0.449 e. The Morgan fingerprint density at radius 2 is 1.68 bits per heavy atom. The minimum absolute atomic E-state index is 0.109. The number of hydrogen-bond acceptors (Lipinski definition) is 3. The molecule has 0 aromatic heterocycles. The third-order valence-electron chi connectivity index (χ3n) is 6.11. The molecule has 0 saturated heterocycles. The summed E-state index contributed by atoms with van der Waals surface area (Å²) >= 11 is 0. The maximum Gasteiger partial charge on any atom is 0.414 e. The number of Topliss-reactive ketones (excluding diaryl/α,β-unsaturated/α-hetero) is 1. The van der Waals surface area contributed by atoms with Crippen molar-refractivity contribution in [2.24, 2.45) is 5.92 Å². The number of hydrogen-bond donors (Lipinski definition) is 0. The number of fused-ring (bicyclic) bond motifs is 1. The van der Waals surface area contributed by atoms with Crippen LogP contribution in [0.2, 0.25) is 0 Å². The summed E-state index contributed by atoms with van der Waals surface area (Å²) in [7, 11) is 0. The van der Waals surface area contributed by atoms with Crippen LogP contribution in [0.3, 0.4) is 0 Å². The average Bonchev–Trinajstić information content (AvgIpc) is 2.75. The second kappa shape index (κ2) is 8.17. The Balaban J connectivity index is 1.88. The molecule has 2 aromatic carbocycles. The Morgan fingerprint density at radius 3 is 2.39 bits per heavy atom. The normalized spacial score (nSPS) is 22.6. The highest BCUT2D eigenvalue weighted by Crippen LogP contribution is 2.45. The van der Waals surface area contributed by atoms with Crippen LogP contribution in [0.15, 0.2) is 54.6 Å². The number of amides is 1. The molecular weight excluding hydrogens is 350 g/mol. The summed E-state index contributed by atoms with van der Waals surface area (Å²) in [6.07, 6.45) is 5.26. The van der Waals surface area contributed by atoms with Crippen LogP contribution in [0.1, 0.15) is 60.9 Å². The Labute approximate surface area is 166 Å². The smallest absolute Gasteiger partial charge is 0.414 e. The fourth-order valence-corrected chi connectivity index (χ4v) is 4.91. The van der Waals surface area contributed by atoms with Crippen molar-refractivity contribution in [2.75, 3.05) is 11.5 Å². The molecule has 2 atom stereocenters. The summed E-state index contributed by atoms with van der Waals surface area (Å²) in [6.45, 7) is 2.14. The molecule has 1 heterocycles. The predicted molar refractivity (Wildman–Crippen MR) is 110 cm³/mol. The molecule has 1 saturated carbocycles. The Bertz CT molecular complexity index is 842. The lowest BCUT2D eigenvalue weighted by Gasteiger charge is -2.45. The van der Waals surface area contributed by atoms with E-state index in [4.69, 9.17) is 4.74 Å². The molecular formula is C24H27NO3. The molecule has 1 fully saturated rings. The molecule has 0 spiro atoms. The molecule has 1 aliphatic carbocycles. The maximum atomic E-state index is 13.6. The van der Waals surface area contributed by atoms with Crippen LogP contribution in [0.4, 0.5) is 10.5 Å². The van der Waals surface area contributed by atoms with E-state index in [1.54, 1.807) is 4.90 Å². The van der Waals surface area contributed by atoms with Gasteiger partial charge in [0, 0.05) is 5.56 Å². The predicted octanol–water partition coefficient (Wildman–Crippen LogP) is 5.58. The van der Waals surface area contributed by atoms with Gasteiger partial charge in [0.1, 0.15) is 0 Å². The molecule has 4 nitrogen and oxygen atoms in total. The monoisotopic (exact) mass is 377 g/mol. The van der Waals surface area contributed by atoms with Gasteiger partial charge in [-0.3, -0.25) is 9.69 Å². The third kappa shape index (κ3) is 3.32. The van der Waals surface area contributed by atoms with Crippen LogP contribution >= 0.6 is 0 Å². The summed E-state index contributed by atoms with van der Waals surface area (Å²) in [5.74, 6) is 0.0437. The van der Waals surface area contributed by atoms with Crippen LogP contribution in [-0.2, 0) is 4.74 Å². The third-order valence-corrected chi connectivity index (χ3v) is 6.11. The van der Waals surface area contributed by atoms with Gasteiger partial charge in [0.05, 0.1) is 24.3 Å². The van der Waals surface area contributed by atoms with E-state index in [0.717, 1.165) is 31.2 Å². The zero-order valence-corrected chi connectivity index (χ0v) is 16.3. The van der Waals surface area contributed by atoms with Gasteiger partial charge in [0.2, 0.25) is 0 Å². The fourth-order valence-electron chi connectivity index (χ4n) is 4.91. The summed E-state index contributed by atoms with van der Waals surface area (Å²) in [5.41, 5.74) is 2.28. The highest BCUT2D eigenvalue weighted by Gasteiger charge is 2.47. The Hall–Kier alpha value is -2.62. The number of benzene rings is 2. The molecule has 0 unspecified atom stereocenters. The van der Waals surface area contributed by atoms with Crippen LogP contribution < -0.4 is 4.90 Å². The molecule has 0 bridgehead atoms. The molecule has 0 N–H and O–H groups in total. The van der Waals surface area contributed by atoms with Crippen molar-refractivity contribution in [1.82, 2.24) is 0 Å². The molecule has 2 aliphatic rings. The molecule has 0 radical (unpaired) electrons. The molecule has 28 heavy (non-hydrogen) atoms. The lowest BCUT2D eigenvalue weighted by atomic mass is 9.71. The first kappa shape index (κ1) is 18.7. The second-order valence-electron chi connectivity index (χ2n) is 7.73. The Morgan fingerprint density at radius 1 is 1.00 bits per heavy atom. The molecule has 2 aromatic rings. The van der Waals surface area contributed by atoms with E-state index in [1.807, 2.05) is 61.5 Å². The van der Waals surface area contributed by atoms with Crippen molar-refractivity contribution in [2.45, 2.75) is 51.0 Å². The van der Waals surface area contributed by atoms with Gasteiger partial charge >= 0.3 is 6.09 Å². The SMILES string of the molecule is CCOC(=O)N1c2ccccc2C(=O)[C@@H](c2ccccc2)[C@@H]1C1CCCCC1. The summed E-state index contributed by atoms with van der Waals surface area (Å²) in [4.78, 5) is 28.5. The van der Waals surface area contributed by atoms with Gasteiger partial charge in [-0.05, 0) is 43.4 Å². The second-order valence-corrected chi connectivity index (χ2v) is 7.73. The van der Waals surface area contributed by atoms with Crippen LogP contribution in [0.5, 0.6) is 0 Å². The van der Waals surface area contributed by atoms with Gasteiger partial charge in [-0.1, -0.05) is 61.7 Å². The van der Waals surface area contributed by atoms with Crippen LogP contribution in [-0.4, -0.2) is 24.5 Å². The highest BCUT2D eigenvalue weighted by molar-refractivity contribution is 6.11. The maximum absolute atomic E-state index is 13.6. The fraction of sp³-hybridized carbons (Fsp3) is 0.417. The van der Waals surface area contributed by atoms with Crippen molar-refractivity contribution in [3.8, 4) is 0 Å². The zero-order chi connectivity index (χ0) is 19.5. The lowest BCUT2D eigenvalue weighted by molar-refractivity contribution is 0.0903. The molecule has 1 aliphatic heterocycles. The summed E-state index contributed by atoms with van der Waals surface area (Å²) in [6, 6.07) is 17.2. The van der Waals surface area contributed by atoms with E-state index in [2.05, 4.69) is 0 Å². The number of nitrogens with zero attached hydrogens (tertiary/aromatic N) is 1. The first-order valence-corrected chi connectivity index (χ1v) is 10.4. The largest absolute Gasteiger partial charge is 0.449 e. The molecule has 146 valence electrons. The van der Waals surface area contributed by atoms with Crippen molar-refractivity contribution in [3.05, 3.63) is 65.7 Å². The first-order valence-electron chi connectivity index (χ1n) is 10.4. The average molecular weight is 377 g/mol. The number of carbonyl (C=O) groups excluding carboxylic acids is 2. The number of carbonyl (C=O) groups is 2. The van der Waals surface area contributed by atoms with E-state index in [0.29, 0.717) is 23.8 Å². The lowest BCUT2D eigenvalue weighted by Crippen LogP contribution is -2.54. The molecule has 1 amide bonds. The van der Waals surface area contributed by atoms with Gasteiger partial charge in [-0.15, -0.1) is 0 Å². The highest BCUT2D eigenvalue weighted by atomic mass is 16.6. The van der Waals surface area contributed by atoms with Gasteiger partial charge < -0.3 is 4.74 Å². The Kier molecular flexibility index (Phi) is 5.47. The number of para-hydroxylation sites is 1. The van der Waals surface area contributed by atoms with Crippen molar-refractivity contribution in [3.63, 3.8) is 0 Å². The van der Waals surface area contributed by atoms with E-state index in [-0.39, 0.29) is 23.8 Å². The minimum atomic E-state index is -0.358. The van der Waals surface area contributed by atoms with Crippen molar-refractivity contribution in [1.29, 1.82) is 0 Å². The first-order chi connectivity index (χ1) is 13.7. The van der Waals surface area contributed by atoms with E-state index in [1.165, 1.54) is 6.42 Å². The summed E-state index contributed by atoms with van der Waals surface area (Å²) < 4.78 is 5.45. The molecule has 4 heteroatoms. The van der Waals surface area contributed by atoms with E-state index < -0.39 is 0 Å². The van der Waals surface area contributed by atoms with Gasteiger partial charge in [0.25, 0.3) is 0 Å². The van der Waals surface area contributed by atoms with Crippen molar-refractivity contribution >= 4 is 17.6 Å². The summed E-state index contributed by atoms with van der Waals surface area (Å²) in [5, 5.41) is 0. The van der Waals surface area contributed by atoms with Gasteiger partial charge in [-0.25, -0.2) is 4.79 Å². The topological polar surface area (TPSA) is 46.6 Å². The molecule has 4 rings (SSSR count). The van der Waals surface area contributed by atoms with E-state index in [9.17, 15) is 9.59 Å². The van der Waals surface area contributed by atoms with Crippen LogP contribution in [0.25, 0.3) is 0 Å². The van der Waals surface area contributed by atoms with Crippen molar-refractivity contribution < 1.29 is 14.3 Å². The number of ether oxygens (including phenoxy) is 1. The quantitative estimate of drug-likeness (QED) is 0.701.